The molecule has 1 aliphatic rings. The molecule has 3 heteroatoms. The predicted octanol–water partition coefficient (Wildman–Crippen LogP) is -0.375. The second-order valence-electron chi connectivity index (χ2n) is 2.45. The number of hydrogen-bond donors (Lipinski definition) is 0. The number of hydrogen-bond acceptors (Lipinski definition) is 3. The summed E-state index contributed by atoms with van der Waals surface area (Å²) in [4.78, 5) is 2.25. The van der Waals surface area contributed by atoms with Gasteiger partial charge in [-0.3, -0.25) is 4.90 Å². The van der Waals surface area contributed by atoms with Crippen LogP contribution < -0.4 is 0 Å². The van der Waals surface area contributed by atoms with Crippen LogP contribution in [-0.2, 0) is 0 Å². The Bertz CT molecular complexity index is 73.7. The summed E-state index contributed by atoms with van der Waals surface area (Å²) >= 11 is 0. The van der Waals surface area contributed by atoms with Gasteiger partial charge in [0, 0.05) is 14.1 Å². The average molecular weight is 115 g/mol. The molecule has 0 N–H and O–H groups in total. The van der Waals surface area contributed by atoms with Crippen molar-refractivity contribution in [3.63, 3.8) is 0 Å². The van der Waals surface area contributed by atoms with Gasteiger partial charge in [-0.1, -0.05) is 0 Å². The molecule has 1 heterocycles. The fourth-order valence-electron chi connectivity index (χ4n) is 0.959. The van der Waals surface area contributed by atoms with E-state index in [1.165, 1.54) is 0 Å². The monoisotopic (exact) mass is 115 g/mol. The summed E-state index contributed by atoms with van der Waals surface area (Å²) in [5.74, 6) is 0. The van der Waals surface area contributed by atoms with E-state index in [-0.39, 0.29) is 0 Å². The Hall–Kier alpha value is -0.120. The molecule has 0 unspecified atom stereocenters. The van der Waals surface area contributed by atoms with Gasteiger partial charge in [0.05, 0.1) is 13.3 Å². The first-order valence-corrected chi connectivity index (χ1v) is 2.81. The summed E-state index contributed by atoms with van der Waals surface area (Å²) in [6, 6.07) is 0. The standard InChI is InChI=1S/C5H13N3/c1-6-4-7(2)8(3)5-6/h4-5H2,1-3H3. The molecule has 1 rings (SSSR count). The van der Waals surface area contributed by atoms with Crippen LogP contribution in [0.3, 0.4) is 0 Å². The van der Waals surface area contributed by atoms with Gasteiger partial charge in [-0.25, -0.2) is 10.0 Å². The fraction of sp³-hybridized carbons (Fsp3) is 1.00. The van der Waals surface area contributed by atoms with Crippen molar-refractivity contribution in [1.82, 2.24) is 14.9 Å². The molecule has 8 heavy (non-hydrogen) atoms. The molecule has 1 saturated heterocycles. The third-order valence-corrected chi connectivity index (χ3v) is 1.48. The molecule has 0 radical (unpaired) electrons. The molecule has 3 nitrogen and oxygen atoms in total. The molecule has 0 aromatic heterocycles. The molecule has 0 bridgehead atoms. The van der Waals surface area contributed by atoms with Crippen LogP contribution in [-0.4, -0.2) is 49.4 Å². The van der Waals surface area contributed by atoms with E-state index in [2.05, 4.69) is 36.1 Å². The first-order chi connectivity index (χ1) is 3.70. The zero-order valence-corrected chi connectivity index (χ0v) is 5.76. The van der Waals surface area contributed by atoms with Gasteiger partial charge < -0.3 is 0 Å². The zero-order valence-electron chi connectivity index (χ0n) is 5.76. The van der Waals surface area contributed by atoms with E-state index >= 15 is 0 Å². The van der Waals surface area contributed by atoms with Gasteiger partial charge in [0.25, 0.3) is 0 Å². The van der Waals surface area contributed by atoms with Gasteiger partial charge in [0.1, 0.15) is 0 Å². The van der Waals surface area contributed by atoms with E-state index in [9.17, 15) is 0 Å². The van der Waals surface area contributed by atoms with Crippen LogP contribution >= 0.6 is 0 Å². The Morgan fingerprint density at radius 2 is 1.25 bits per heavy atom. The largest absolute Gasteiger partial charge is 0.278 e. The molecule has 0 spiro atoms. The smallest absolute Gasteiger partial charge is 0.0653 e. The van der Waals surface area contributed by atoms with E-state index in [0.717, 1.165) is 13.3 Å². The molecular weight excluding hydrogens is 102 g/mol. The summed E-state index contributed by atoms with van der Waals surface area (Å²) in [6.45, 7) is 2.10. The maximum Gasteiger partial charge on any atom is 0.0653 e. The van der Waals surface area contributed by atoms with Crippen LogP contribution in [0.15, 0.2) is 0 Å². The molecule has 0 saturated carbocycles. The van der Waals surface area contributed by atoms with Crippen molar-refractivity contribution in [2.24, 2.45) is 0 Å². The van der Waals surface area contributed by atoms with Crippen molar-refractivity contribution >= 4 is 0 Å². The number of nitrogens with zero attached hydrogens (tertiary/aromatic N) is 3. The lowest BCUT2D eigenvalue weighted by molar-refractivity contribution is 0.0894. The summed E-state index contributed by atoms with van der Waals surface area (Å²) in [5, 5.41) is 4.36. The highest BCUT2D eigenvalue weighted by molar-refractivity contribution is 4.55. The first kappa shape index (κ1) is 6.01. The van der Waals surface area contributed by atoms with E-state index in [4.69, 9.17) is 0 Å². The number of rotatable bonds is 0. The van der Waals surface area contributed by atoms with Crippen molar-refractivity contribution in [2.45, 2.75) is 0 Å². The van der Waals surface area contributed by atoms with Gasteiger partial charge in [-0.05, 0) is 7.05 Å². The molecule has 0 atom stereocenters. The lowest BCUT2D eigenvalue weighted by atomic mass is 10.8. The van der Waals surface area contributed by atoms with Crippen molar-refractivity contribution in [1.29, 1.82) is 0 Å². The molecule has 0 aromatic rings. The Morgan fingerprint density at radius 3 is 1.38 bits per heavy atom. The minimum absolute atomic E-state index is 1.05. The highest BCUT2D eigenvalue weighted by Gasteiger charge is 2.16. The summed E-state index contributed by atoms with van der Waals surface area (Å²) < 4.78 is 0. The average Bonchev–Trinajstić information content (AvgIpc) is 1.85. The third-order valence-electron chi connectivity index (χ3n) is 1.48. The molecule has 0 aliphatic carbocycles. The Balaban J connectivity index is 2.39. The van der Waals surface area contributed by atoms with E-state index in [0.29, 0.717) is 0 Å². The maximum atomic E-state index is 2.25. The predicted molar refractivity (Wildman–Crippen MR) is 33.0 cm³/mol. The molecule has 1 fully saturated rings. The highest BCUT2D eigenvalue weighted by Crippen LogP contribution is 2.01. The highest BCUT2D eigenvalue weighted by atomic mass is 15.7. The fourth-order valence-corrected chi connectivity index (χ4v) is 0.959. The zero-order chi connectivity index (χ0) is 6.15. The molecule has 0 aromatic carbocycles. The summed E-state index contributed by atoms with van der Waals surface area (Å²) in [6.07, 6.45) is 0. The van der Waals surface area contributed by atoms with Crippen LogP contribution in [0.25, 0.3) is 0 Å². The molecule has 48 valence electrons. The van der Waals surface area contributed by atoms with Crippen LogP contribution in [0.1, 0.15) is 0 Å². The number of hydrazine groups is 1. The van der Waals surface area contributed by atoms with E-state index in [1.54, 1.807) is 0 Å². The van der Waals surface area contributed by atoms with Crippen LogP contribution in [0.4, 0.5) is 0 Å². The quantitative estimate of drug-likeness (QED) is 0.426. The second kappa shape index (κ2) is 2.01. The van der Waals surface area contributed by atoms with Crippen LogP contribution in [0.2, 0.25) is 0 Å². The van der Waals surface area contributed by atoms with E-state index < -0.39 is 0 Å². The Labute approximate surface area is 50.4 Å². The topological polar surface area (TPSA) is 9.72 Å². The van der Waals surface area contributed by atoms with Gasteiger partial charge >= 0.3 is 0 Å². The van der Waals surface area contributed by atoms with Gasteiger partial charge in [0.15, 0.2) is 0 Å². The van der Waals surface area contributed by atoms with Crippen molar-refractivity contribution in [3.05, 3.63) is 0 Å². The van der Waals surface area contributed by atoms with Gasteiger partial charge in [-0.2, -0.15) is 0 Å². The summed E-state index contributed by atoms with van der Waals surface area (Å²) in [7, 11) is 6.28. The normalized spacial score (nSPS) is 27.4. The second-order valence-corrected chi connectivity index (χ2v) is 2.45. The van der Waals surface area contributed by atoms with E-state index in [1.807, 2.05) is 0 Å². The van der Waals surface area contributed by atoms with Crippen LogP contribution in [0, 0.1) is 0 Å². The first-order valence-electron chi connectivity index (χ1n) is 2.81. The van der Waals surface area contributed by atoms with Gasteiger partial charge in [0.2, 0.25) is 0 Å². The Morgan fingerprint density at radius 1 is 0.875 bits per heavy atom. The lowest BCUT2D eigenvalue weighted by Gasteiger charge is -2.15. The maximum absolute atomic E-state index is 2.25. The molecule has 1 aliphatic heterocycles. The van der Waals surface area contributed by atoms with Crippen molar-refractivity contribution < 1.29 is 0 Å². The third kappa shape index (κ3) is 0.992. The minimum Gasteiger partial charge on any atom is -0.278 e. The van der Waals surface area contributed by atoms with Crippen molar-refractivity contribution in [2.75, 3.05) is 34.5 Å². The SMILES string of the molecule is CN1CN(C)N(C)C1. The Kier molecular flexibility index (Phi) is 1.51. The van der Waals surface area contributed by atoms with Crippen LogP contribution in [0.5, 0.6) is 0 Å². The molecule has 0 amide bonds. The van der Waals surface area contributed by atoms with Crippen molar-refractivity contribution in [3.8, 4) is 0 Å². The van der Waals surface area contributed by atoms with Gasteiger partial charge in [-0.15, -0.1) is 0 Å². The lowest BCUT2D eigenvalue weighted by Crippen LogP contribution is -2.28. The molecular formula is C5H13N3. The summed E-state index contributed by atoms with van der Waals surface area (Å²) in [5.41, 5.74) is 0. The minimum atomic E-state index is 1.05.